The molecule has 0 radical (unpaired) electrons. The average molecular weight is 276 g/mol. The molecule has 2 aromatic carbocycles. The molecule has 20 heavy (non-hydrogen) atoms. The van der Waals surface area contributed by atoms with Crippen molar-refractivity contribution in [2.45, 2.75) is 13.1 Å². The standard InChI is InChI=1S/C15H14F2N2O/c16-13-5-6-14(17)12(7-13)9-19-8-10-1-3-11(4-2-10)15(18)20/h1-7,19H,8-9H2,(H2,18,20). The molecule has 1 amide bonds. The Morgan fingerprint density at radius 2 is 1.75 bits per heavy atom. The minimum atomic E-state index is -0.480. The quantitative estimate of drug-likeness (QED) is 0.880. The predicted octanol–water partition coefficient (Wildman–Crippen LogP) is 2.35. The summed E-state index contributed by atoms with van der Waals surface area (Å²) < 4.78 is 26.4. The molecule has 0 aliphatic carbocycles. The van der Waals surface area contributed by atoms with E-state index in [4.69, 9.17) is 5.73 Å². The first kappa shape index (κ1) is 14.1. The lowest BCUT2D eigenvalue weighted by Gasteiger charge is -2.07. The zero-order valence-electron chi connectivity index (χ0n) is 10.7. The Morgan fingerprint density at radius 3 is 2.40 bits per heavy atom. The largest absolute Gasteiger partial charge is 0.366 e. The molecule has 0 saturated heterocycles. The number of rotatable bonds is 5. The van der Waals surface area contributed by atoms with Gasteiger partial charge in [-0.2, -0.15) is 0 Å². The van der Waals surface area contributed by atoms with Crippen LogP contribution in [0.1, 0.15) is 21.5 Å². The number of nitrogens with two attached hydrogens (primary N) is 1. The van der Waals surface area contributed by atoms with E-state index in [2.05, 4.69) is 5.32 Å². The van der Waals surface area contributed by atoms with E-state index in [1.165, 1.54) is 6.07 Å². The van der Waals surface area contributed by atoms with E-state index in [9.17, 15) is 13.6 Å². The summed E-state index contributed by atoms with van der Waals surface area (Å²) in [4.78, 5) is 10.9. The summed E-state index contributed by atoms with van der Waals surface area (Å²) >= 11 is 0. The van der Waals surface area contributed by atoms with Crippen molar-refractivity contribution < 1.29 is 13.6 Å². The third-order valence-corrected chi connectivity index (χ3v) is 2.89. The van der Waals surface area contributed by atoms with Crippen molar-refractivity contribution in [2.24, 2.45) is 5.73 Å². The molecule has 0 aliphatic heterocycles. The second-order valence-electron chi connectivity index (χ2n) is 4.40. The van der Waals surface area contributed by atoms with Crippen LogP contribution in [-0.4, -0.2) is 5.91 Å². The molecule has 0 bridgehead atoms. The molecule has 0 saturated carbocycles. The number of nitrogens with one attached hydrogen (secondary N) is 1. The molecule has 2 aromatic rings. The van der Waals surface area contributed by atoms with Gasteiger partial charge in [0, 0.05) is 24.2 Å². The Bertz CT molecular complexity index is 612. The summed E-state index contributed by atoms with van der Waals surface area (Å²) in [5.41, 5.74) is 6.77. The van der Waals surface area contributed by atoms with E-state index in [1.54, 1.807) is 24.3 Å². The van der Waals surface area contributed by atoms with Crippen molar-refractivity contribution in [3.63, 3.8) is 0 Å². The Labute approximate surface area is 115 Å². The van der Waals surface area contributed by atoms with Crippen molar-refractivity contribution in [3.05, 3.63) is 70.8 Å². The second-order valence-corrected chi connectivity index (χ2v) is 4.40. The van der Waals surface area contributed by atoms with E-state index in [-0.39, 0.29) is 12.1 Å². The Balaban J connectivity index is 1.92. The van der Waals surface area contributed by atoms with Crippen LogP contribution in [0.3, 0.4) is 0 Å². The van der Waals surface area contributed by atoms with Gasteiger partial charge >= 0.3 is 0 Å². The number of halogens is 2. The van der Waals surface area contributed by atoms with Gasteiger partial charge in [-0.05, 0) is 35.9 Å². The minimum absolute atomic E-state index is 0.223. The highest BCUT2D eigenvalue weighted by Crippen LogP contribution is 2.10. The van der Waals surface area contributed by atoms with Gasteiger partial charge < -0.3 is 11.1 Å². The van der Waals surface area contributed by atoms with Crippen LogP contribution in [0, 0.1) is 11.6 Å². The van der Waals surface area contributed by atoms with Crippen LogP contribution < -0.4 is 11.1 Å². The van der Waals surface area contributed by atoms with E-state index in [1.807, 2.05) is 0 Å². The van der Waals surface area contributed by atoms with Crippen molar-refractivity contribution >= 4 is 5.91 Å². The van der Waals surface area contributed by atoms with Crippen molar-refractivity contribution in [1.82, 2.24) is 5.32 Å². The Morgan fingerprint density at radius 1 is 1.05 bits per heavy atom. The lowest BCUT2D eigenvalue weighted by atomic mass is 10.1. The lowest BCUT2D eigenvalue weighted by Crippen LogP contribution is -2.14. The van der Waals surface area contributed by atoms with E-state index in [0.29, 0.717) is 12.1 Å². The average Bonchev–Trinajstić information content (AvgIpc) is 2.43. The van der Waals surface area contributed by atoms with Crippen LogP contribution in [0.4, 0.5) is 8.78 Å². The molecule has 0 unspecified atom stereocenters. The van der Waals surface area contributed by atoms with Crippen molar-refractivity contribution in [3.8, 4) is 0 Å². The summed E-state index contributed by atoms with van der Waals surface area (Å²) in [6.45, 7) is 0.705. The lowest BCUT2D eigenvalue weighted by molar-refractivity contribution is 0.100. The number of benzene rings is 2. The first-order valence-corrected chi connectivity index (χ1v) is 6.09. The fourth-order valence-corrected chi connectivity index (χ4v) is 1.81. The zero-order chi connectivity index (χ0) is 14.5. The topological polar surface area (TPSA) is 55.1 Å². The first-order valence-electron chi connectivity index (χ1n) is 6.09. The van der Waals surface area contributed by atoms with Gasteiger partial charge in [-0.15, -0.1) is 0 Å². The van der Waals surface area contributed by atoms with Gasteiger partial charge in [0.2, 0.25) is 5.91 Å². The molecule has 104 valence electrons. The van der Waals surface area contributed by atoms with Crippen LogP contribution in [-0.2, 0) is 13.1 Å². The first-order chi connectivity index (χ1) is 9.56. The molecule has 0 spiro atoms. The molecule has 0 fully saturated rings. The third-order valence-electron chi connectivity index (χ3n) is 2.89. The number of hydrogen-bond acceptors (Lipinski definition) is 2. The number of amides is 1. The minimum Gasteiger partial charge on any atom is -0.366 e. The van der Waals surface area contributed by atoms with E-state index >= 15 is 0 Å². The molecule has 5 heteroatoms. The number of carbonyl (C=O) groups excluding carboxylic acids is 1. The van der Waals surface area contributed by atoms with Crippen LogP contribution in [0.25, 0.3) is 0 Å². The van der Waals surface area contributed by atoms with Crippen LogP contribution in [0.2, 0.25) is 0 Å². The van der Waals surface area contributed by atoms with Gasteiger partial charge in [-0.1, -0.05) is 12.1 Å². The van der Waals surface area contributed by atoms with E-state index < -0.39 is 17.5 Å². The SMILES string of the molecule is NC(=O)c1ccc(CNCc2cc(F)ccc2F)cc1. The summed E-state index contributed by atoms with van der Waals surface area (Å²) in [5, 5.41) is 3.01. The predicted molar refractivity (Wildman–Crippen MR) is 71.9 cm³/mol. The number of hydrogen-bond donors (Lipinski definition) is 2. The maximum absolute atomic E-state index is 13.4. The highest BCUT2D eigenvalue weighted by molar-refractivity contribution is 5.92. The molecule has 3 nitrogen and oxygen atoms in total. The summed E-state index contributed by atoms with van der Waals surface area (Å²) in [7, 11) is 0. The number of primary amides is 1. The Kier molecular flexibility index (Phi) is 4.42. The normalized spacial score (nSPS) is 10.5. The third kappa shape index (κ3) is 3.61. The molecule has 3 N–H and O–H groups in total. The molecule has 0 atom stereocenters. The van der Waals surface area contributed by atoms with Crippen molar-refractivity contribution in [1.29, 1.82) is 0 Å². The van der Waals surface area contributed by atoms with Gasteiger partial charge in [0.15, 0.2) is 0 Å². The van der Waals surface area contributed by atoms with Crippen molar-refractivity contribution in [2.75, 3.05) is 0 Å². The monoisotopic (exact) mass is 276 g/mol. The highest BCUT2D eigenvalue weighted by atomic mass is 19.1. The van der Waals surface area contributed by atoms with Crippen LogP contribution in [0.5, 0.6) is 0 Å². The molecule has 0 aromatic heterocycles. The summed E-state index contributed by atoms with van der Waals surface area (Å²) in [6, 6.07) is 10.1. The maximum atomic E-state index is 13.4. The van der Waals surface area contributed by atoms with Gasteiger partial charge in [0.1, 0.15) is 11.6 Å². The van der Waals surface area contributed by atoms with Gasteiger partial charge in [-0.25, -0.2) is 8.78 Å². The van der Waals surface area contributed by atoms with Gasteiger partial charge in [0.05, 0.1) is 0 Å². The second kappa shape index (κ2) is 6.25. The van der Waals surface area contributed by atoms with E-state index in [0.717, 1.165) is 17.7 Å². The fourth-order valence-electron chi connectivity index (χ4n) is 1.81. The van der Waals surface area contributed by atoms with Gasteiger partial charge in [0.25, 0.3) is 0 Å². The highest BCUT2D eigenvalue weighted by Gasteiger charge is 2.04. The van der Waals surface area contributed by atoms with Gasteiger partial charge in [-0.3, -0.25) is 4.79 Å². The molecular formula is C15H14F2N2O. The van der Waals surface area contributed by atoms with Crippen LogP contribution in [0.15, 0.2) is 42.5 Å². The molecule has 0 aliphatic rings. The number of carbonyl (C=O) groups is 1. The molecule has 0 heterocycles. The van der Waals surface area contributed by atoms with Crippen LogP contribution >= 0.6 is 0 Å². The maximum Gasteiger partial charge on any atom is 0.248 e. The Hall–Kier alpha value is -2.27. The summed E-state index contributed by atoms with van der Waals surface area (Å²) in [6.07, 6.45) is 0. The zero-order valence-corrected chi connectivity index (χ0v) is 10.7. The smallest absolute Gasteiger partial charge is 0.248 e. The fraction of sp³-hybridized carbons (Fsp3) is 0.133. The summed E-state index contributed by atoms with van der Waals surface area (Å²) in [5.74, 6) is -1.39. The molecular weight excluding hydrogens is 262 g/mol. The molecule has 2 rings (SSSR count).